The molecule has 0 spiro atoms. The van der Waals surface area contributed by atoms with Gasteiger partial charge in [0.2, 0.25) is 0 Å². The van der Waals surface area contributed by atoms with E-state index in [0.717, 1.165) is 50.3 Å². The lowest BCUT2D eigenvalue weighted by atomic mass is 9.86. The van der Waals surface area contributed by atoms with Gasteiger partial charge in [-0.2, -0.15) is 0 Å². The fraction of sp³-hybridized carbons (Fsp3) is 0.538. The molecule has 30 heavy (non-hydrogen) atoms. The van der Waals surface area contributed by atoms with E-state index in [1.807, 2.05) is 18.2 Å². The first-order valence-corrected chi connectivity index (χ1v) is 11.2. The fourth-order valence-corrected chi connectivity index (χ4v) is 5.08. The van der Waals surface area contributed by atoms with E-state index >= 15 is 0 Å². The van der Waals surface area contributed by atoms with Gasteiger partial charge in [-0.25, -0.2) is 0 Å². The SMILES string of the molecule is Cc1c(C)c2c(c(C)c1OCc1ccccc1)CCC(C)(CN1CCCC1CO)O2. The van der Waals surface area contributed by atoms with Crippen LogP contribution in [0.3, 0.4) is 0 Å². The van der Waals surface area contributed by atoms with Gasteiger partial charge >= 0.3 is 0 Å². The van der Waals surface area contributed by atoms with Gasteiger partial charge in [0.1, 0.15) is 23.7 Å². The van der Waals surface area contributed by atoms with Gasteiger partial charge in [-0.05, 0) is 82.2 Å². The summed E-state index contributed by atoms with van der Waals surface area (Å²) in [4.78, 5) is 2.41. The number of rotatable bonds is 6. The van der Waals surface area contributed by atoms with Crippen molar-refractivity contribution in [3.63, 3.8) is 0 Å². The number of ether oxygens (including phenoxy) is 2. The molecule has 0 amide bonds. The molecule has 1 fully saturated rings. The van der Waals surface area contributed by atoms with E-state index < -0.39 is 0 Å². The summed E-state index contributed by atoms with van der Waals surface area (Å²) in [7, 11) is 0. The van der Waals surface area contributed by atoms with Crippen LogP contribution in [0, 0.1) is 20.8 Å². The molecule has 2 atom stereocenters. The molecule has 0 bridgehead atoms. The highest BCUT2D eigenvalue weighted by molar-refractivity contribution is 5.59. The monoisotopic (exact) mass is 409 g/mol. The number of likely N-dealkylation sites (tertiary alicyclic amines) is 1. The highest BCUT2D eigenvalue weighted by atomic mass is 16.5. The lowest BCUT2D eigenvalue weighted by Gasteiger charge is -2.41. The van der Waals surface area contributed by atoms with Gasteiger partial charge in [0.15, 0.2) is 0 Å². The molecular weight excluding hydrogens is 374 g/mol. The van der Waals surface area contributed by atoms with Crippen LogP contribution in [0.5, 0.6) is 11.5 Å². The largest absolute Gasteiger partial charge is 0.488 e. The maximum Gasteiger partial charge on any atom is 0.127 e. The average molecular weight is 410 g/mol. The molecule has 2 aliphatic rings. The highest BCUT2D eigenvalue weighted by Gasteiger charge is 2.38. The Labute approximate surface area is 180 Å². The summed E-state index contributed by atoms with van der Waals surface area (Å²) in [6.45, 7) is 11.4. The van der Waals surface area contributed by atoms with Crippen molar-refractivity contribution in [2.75, 3.05) is 19.7 Å². The van der Waals surface area contributed by atoms with Gasteiger partial charge in [0.05, 0.1) is 6.61 Å². The summed E-state index contributed by atoms with van der Waals surface area (Å²) in [6.07, 6.45) is 4.23. The van der Waals surface area contributed by atoms with Crippen molar-refractivity contribution >= 4 is 0 Å². The Morgan fingerprint density at radius 2 is 1.90 bits per heavy atom. The topological polar surface area (TPSA) is 41.9 Å². The van der Waals surface area contributed by atoms with Gasteiger partial charge in [0.25, 0.3) is 0 Å². The predicted molar refractivity (Wildman–Crippen MR) is 120 cm³/mol. The second-order valence-corrected chi connectivity index (χ2v) is 9.29. The molecule has 0 saturated carbocycles. The summed E-state index contributed by atoms with van der Waals surface area (Å²) in [5.41, 5.74) is 5.81. The van der Waals surface area contributed by atoms with Crippen LogP contribution in [0.4, 0.5) is 0 Å². The van der Waals surface area contributed by atoms with E-state index in [9.17, 15) is 5.11 Å². The van der Waals surface area contributed by atoms with E-state index in [1.54, 1.807) is 0 Å². The summed E-state index contributed by atoms with van der Waals surface area (Å²) in [5, 5.41) is 9.69. The molecule has 2 heterocycles. The third-order valence-corrected chi connectivity index (χ3v) is 7.04. The van der Waals surface area contributed by atoms with E-state index in [4.69, 9.17) is 9.47 Å². The molecule has 4 heteroatoms. The Kier molecular flexibility index (Phi) is 6.08. The summed E-state index contributed by atoms with van der Waals surface area (Å²) >= 11 is 0. The fourth-order valence-electron chi connectivity index (χ4n) is 5.08. The molecule has 1 N–H and O–H groups in total. The van der Waals surface area contributed by atoms with Gasteiger partial charge < -0.3 is 14.6 Å². The Bertz CT molecular complexity index is 895. The molecule has 4 nitrogen and oxygen atoms in total. The zero-order valence-electron chi connectivity index (χ0n) is 18.8. The van der Waals surface area contributed by atoms with Crippen molar-refractivity contribution in [3.8, 4) is 11.5 Å². The number of nitrogens with zero attached hydrogens (tertiary/aromatic N) is 1. The lowest BCUT2D eigenvalue weighted by molar-refractivity contribution is 0.0131. The Balaban J connectivity index is 1.56. The molecular formula is C26H35NO3. The van der Waals surface area contributed by atoms with Crippen LogP contribution in [-0.2, 0) is 13.0 Å². The zero-order chi connectivity index (χ0) is 21.3. The molecule has 2 unspecified atom stereocenters. The second kappa shape index (κ2) is 8.60. The third-order valence-electron chi connectivity index (χ3n) is 7.04. The molecule has 0 radical (unpaired) electrons. The Morgan fingerprint density at radius 1 is 1.13 bits per heavy atom. The number of hydrogen-bond donors (Lipinski definition) is 1. The minimum Gasteiger partial charge on any atom is -0.488 e. The molecule has 4 rings (SSSR count). The normalized spacial score (nSPS) is 23.8. The van der Waals surface area contributed by atoms with Crippen molar-refractivity contribution < 1.29 is 14.6 Å². The van der Waals surface area contributed by atoms with E-state index in [1.165, 1.54) is 27.8 Å². The molecule has 2 aromatic rings. The number of fused-ring (bicyclic) bond motifs is 1. The van der Waals surface area contributed by atoms with Gasteiger partial charge in [-0.1, -0.05) is 30.3 Å². The molecule has 2 aliphatic heterocycles. The number of aliphatic hydroxyl groups is 1. The van der Waals surface area contributed by atoms with Crippen LogP contribution < -0.4 is 9.47 Å². The van der Waals surface area contributed by atoms with Crippen molar-refractivity contribution in [3.05, 3.63) is 58.1 Å². The zero-order valence-corrected chi connectivity index (χ0v) is 18.8. The highest BCUT2D eigenvalue weighted by Crippen LogP contribution is 2.44. The Hall–Kier alpha value is -2.04. The first kappa shape index (κ1) is 21.2. The molecule has 1 saturated heterocycles. The van der Waals surface area contributed by atoms with Crippen molar-refractivity contribution in [1.82, 2.24) is 4.90 Å². The predicted octanol–water partition coefficient (Wildman–Crippen LogP) is 4.73. The standard InChI is InChI=1S/C26H35NO3/c1-18-19(2)25-23(20(3)24(18)29-16-21-9-6-5-7-10-21)12-13-26(4,30-25)17-27-14-8-11-22(27)15-28/h5-7,9-10,22,28H,8,11-17H2,1-4H3. The summed E-state index contributed by atoms with van der Waals surface area (Å²) in [6, 6.07) is 10.6. The third kappa shape index (κ3) is 4.08. The number of hydrogen-bond acceptors (Lipinski definition) is 4. The van der Waals surface area contributed by atoms with Crippen molar-refractivity contribution in [1.29, 1.82) is 0 Å². The van der Waals surface area contributed by atoms with Crippen LogP contribution in [-0.4, -0.2) is 41.3 Å². The quantitative estimate of drug-likeness (QED) is 0.749. The van der Waals surface area contributed by atoms with Crippen LogP contribution in [0.25, 0.3) is 0 Å². The average Bonchev–Trinajstić information content (AvgIpc) is 3.19. The maximum atomic E-state index is 9.69. The minimum absolute atomic E-state index is 0.221. The molecule has 0 aromatic heterocycles. The lowest BCUT2D eigenvalue weighted by Crippen LogP contribution is -2.49. The van der Waals surface area contributed by atoms with E-state index in [0.29, 0.717) is 6.61 Å². The first-order valence-electron chi connectivity index (χ1n) is 11.2. The van der Waals surface area contributed by atoms with Gasteiger partial charge in [0, 0.05) is 18.2 Å². The smallest absolute Gasteiger partial charge is 0.127 e. The Morgan fingerprint density at radius 3 is 2.63 bits per heavy atom. The van der Waals surface area contributed by atoms with Gasteiger partial charge in [-0.3, -0.25) is 4.90 Å². The van der Waals surface area contributed by atoms with Gasteiger partial charge in [-0.15, -0.1) is 0 Å². The van der Waals surface area contributed by atoms with Crippen LogP contribution in [0.15, 0.2) is 30.3 Å². The first-order chi connectivity index (χ1) is 14.4. The number of benzene rings is 2. The molecule has 2 aromatic carbocycles. The minimum atomic E-state index is -0.221. The van der Waals surface area contributed by atoms with Crippen molar-refractivity contribution in [2.24, 2.45) is 0 Å². The van der Waals surface area contributed by atoms with Crippen LogP contribution >= 0.6 is 0 Å². The van der Waals surface area contributed by atoms with Crippen LogP contribution in [0.2, 0.25) is 0 Å². The number of aliphatic hydroxyl groups excluding tert-OH is 1. The van der Waals surface area contributed by atoms with Crippen LogP contribution in [0.1, 0.15) is 54.0 Å². The van der Waals surface area contributed by atoms with E-state index in [2.05, 4.69) is 44.7 Å². The second-order valence-electron chi connectivity index (χ2n) is 9.29. The molecule has 0 aliphatic carbocycles. The van der Waals surface area contributed by atoms with Crippen molar-refractivity contribution in [2.45, 2.75) is 71.6 Å². The summed E-state index contributed by atoms with van der Waals surface area (Å²) < 4.78 is 13.0. The molecule has 162 valence electrons. The summed E-state index contributed by atoms with van der Waals surface area (Å²) in [5.74, 6) is 2.05. The maximum absolute atomic E-state index is 9.69. The van der Waals surface area contributed by atoms with E-state index in [-0.39, 0.29) is 18.2 Å².